The molecule has 4 rings (SSSR count). The maximum atomic E-state index is 11.9. The van der Waals surface area contributed by atoms with Gasteiger partial charge in [0, 0.05) is 23.2 Å². The van der Waals surface area contributed by atoms with Crippen molar-refractivity contribution in [3.63, 3.8) is 0 Å². The standard InChI is InChI=1S/C30H34N2O2/c1-20-13-18-25(21-14-16-22(17-15-21)29(33)34-5)26-11-6-7-12-27(26)28(31-20)32-24-10-8-9-23(19-24)30(2,3)4/h6-12,14-17,19-20,25H,13,18H2,1-5H3,(H,31,32). The van der Waals surface area contributed by atoms with Gasteiger partial charge < -0.3 is 10.1 Å². The highest BCUT2D eigenvalue weighted by atomic mass is 16.5. The summed E-state index contributed by atoms with van der Waals surface area (Å²) in [4.78, 5) is 17.0. The number of hydrogen-bond donors (Lipinski definition) is 1. The zero-order chi connectivity index (χ0) is 24.3. The van der Waals surface area contributed by atoms with E-state index in [-0.39, 0.29) is 23.3 Å². The molecule has 0 saturated heterocycles. The highest BCUT2D eigenvalue weighted by Crippen LogP contribution is 2.35. The summed E-state index contributed by atoms with van der Waals surface area (Å²) in [6, 6.07) is 25.1. The molecule has 0 aliphatic carbocycles. The minimum absolute atomic E-state index is 0.0765. The summed E-state index contributed by atoms with van der Waals surface area (Å²) >= 11 is 0. The first-order valence-electron chi connectivity index (χ1n) is 12.0. The summed E-state index contributed by atoms with van der Waals surface area (Å²) in [5.74, 6) is 0.818. The zero-order valence-electron chi connectivity index (χ0n) is 20.8. The van der Waals surface area contributed by atoms with Crippen LogP contribution in [0.2, 0.25) is 0 Å². The van der Waals surface area contributed by atoms with Crippen molar-refractivity contribution >= 4 is 17.5 Å². The fraction of sp³-hybridized carbons (Fsp3) is 0.333. The van der Waals surface area contributed by atoms with E-state index in [1.165, 1.54) is 23.8 Å². The lowest BCUT2D eigenvalue weighted by Gasteiger charge is -2.27. The van der Waals surface area contributed by atoms with E-state index < -0.39 is 0 Å². The Kier molecular flexibility index (Phi) is 6.87. The van der Waals surface area contributed by atoms with Gasteiger partial charge in [-0.05, 0) is 66.1 Å². The largest absolute Gasteiger partial charge is 0.465 e. The number of aliphatic imine (C=N–C) groups is 1. The quantitative estimate of drug-likeness (QED) is 0.436. The number of fused-ring (bicyclic) bond motifs is 1. The number of benzene rings is 3. The molecule has 3 aromatic rings. The first kappa shape index (κ1) is 23.7. The topological polar surface area (TPSA) is 50.7 Å². The van der Waals surface area contributed by atoms with Gasteiger partial charge in [0.2, 0.25) is 0 Å². The minimum Gasteiger partial charge on any atom is -0.465 e. The molecule has 0 fully saturated rings. The van der Waals surface area contributed by atoms with Crippen molar-refractivity contribution in [2.24, 2.45) is 4.99 Å². The van der Waals surface area contributed by atoms with E-state index >= 15 is 0 Å². The van der Waals surface area contributed by atoms with Gasteiger partial charge in [0.05, 0.1) is 12.7 Å². The second-order valence-electron chi connectivity index (χ2n) is 10.1. The van der Waals surface area contributed by atoms with Gasteiger partial charge in [-0.3, -0.25) is 4.99 Å². The summed E-state index contributed by atoms with van der Waals surface area (Å²) in [6.07, 6.45) is 1.97. The van der Waals surface area contributed by atoms with Crippen LogP contribution in [0.1, 0.15) is 79.1 Å². The van der Waals surface area contributed by atoms with Crippen LogP contribution in [0.15, 0.2) is 77.8 Å². The van der Waals surface area contributed by atoms with Gasteiger partial charge in [0.1, 0.15) is 5.84 Å². The molecule has 176 valence electrons. The fourth-order valence-electron chi connectivity index (χ4n) is 4.55. The molecule has 0 saturated carbocycles. The van der Waals surface area contributed by atoms with Crippen molar-refractivity contribution in [2.45, 2.75) is 57.9 Å². The number of anilines is 1. The molecular weight excluding hydrogens is 420 g/mol. The van der Waals surface area contributed by atoms with Crippen molar-refractivity contribution in [3.05, 3.63) is 101 Å². The predicted molar refractivity (Wildman–Crippen MR) is 140 cm³/mol. The fourth-order valence-corrected chi connectivity index (χ4v) is 4.55. The third kappa shape index (κ3) is 5.22. The Hall–Kier alpha value is -3.40. The third-order valence-corrected chi connectivity index (χ3v) is 6.54. The SMILES string of the molecule is COC(=O)c1ccc(C2CCC(C)N=C(Nc3cccc(C(C)(C)C)c3)c3ccccc32)cc1. The van der Waals surface area contributed by atoms with Crippen LogP contribution >= 0.6 is 0 Å². The maximum absolute atomic E-state index is 11.9. The average molecular weight is 455 g/mol. The molecule has 1 aliphatic heterocycles. The summed E-state index contributed by atoms with van der Waals surface area (Å²) < 4.78 is 4.87. The Balaban J connectivity index is 1.72. The lowest BCUT2D eigenvalue weighted by Crippen LogP contribution is -2.23. The number of ether oxygens (including phenoxy) is 1. The van der Waals surface area contributed by atoms with Crippen LogP contribution in [0, 0.1) is 0 Å². The van der Waals surface area contributed by atoms with Gasteiger partial charge in [-0.15, -0.1) is 0 Å². The zero-order valence-corrected chi connectivity index (χ0v) is 20.8. The van der Waals surface area contributed by atoms with Crippen molar-refractivity contribution in [2.75, 3.05) is 12.4 Å². The lowest BCUT2D eigenvalue weighted by atomic mass is 9.82. The van der Waals surface area contributed by atoms with E-state index in [2.05, 4.69) is 93.7 Å². The molecule has 0 spiro atoms. The summed E-state index contributed by atoms with van der Waals surface area (Å²) in [7, 11) is 1.41. The normalized spacial score (nSPS) is 18.2. The molecule has 0 bridgehead atoms. The summed E-state index contributed by atoms with van der Waals surface area (Å²) in [5, 5.41) is 3.64. The highest BCUT2D eigenvalue weighted by molar-refractivity contribution is 6.09. The maximum Gasteiger partial charge on any atom is 0.337 e. The molecule has 3 aromatic carbocycles. The van der Waals surface area contributed by atoms with Gasteiger partial charge in [-0.1, -0.05) is 69.3 Å². The second kappa shape index (κ2) is 9.84. The third-order valence-electron chi connectivity index (χ3n) is 6.54. The van der Waals surface area contributed by atoms with Crippen LogP contribution in [0.4, 0.5) is 5.69 Å². The number of rotatable bonds is 3. The number of methoxy groups -OCH3 is 1. The molecule has 2 atom stereocenters. The molecular formula is C30H34N2O2. The number of nitrogens with one attached hydrogen (secondary N) is 1. The molecule has 0 amide bonds. The number of esters is 1. The summed E-state index contributed by atoms with van der Waals surface area (Å²) in [6.45, 7) is 8.87. The monoisotopic (exact) mass is 454 g/mol. The molecule has 1 N–H and O–H groups in total. The number of carbonyl (C=O) groups excluding carboxylic acids is 1. The molecule has 0 radical (unpaired) electrons. The Morgan fingerprint density at radius 2 is 1.71 bits per heavy atom. The molecule has 0 aromatic heterocycles. The number of nitrogens with zero attached hydrogens (tertiary/aromatic N) is 1. The Morgan fingerprint density at radius 3 is 2.41 bits per heavy atom. The van der Waals surface area contributed by atoms with E-state index in [1.807, 2.05) is 12.1 Å². The minimum atomic E-state index is -0.311. The molecule has 4 heteroatoms. The van der Waals surface area contributed by atoms with Crippen molar-refractivity contribution < 1.29 is 9.53 Å². The van der Waals surface area contributed by atoms with Gasteiger partial charge in [0.25, 0.3) is 0 Å². The van der Waals surface area contributed by atoms with Crippen LogP contribution in [0.3, 0.4) is 0 Å². The van der Waals surface area contributed by atoms with E-state index in [9.17, 15) is 4.79 Å². The highest BCUT2D eigenvalue weighted by Gasteiger charge is 2.24. The van der Waals surface area contributed by atoms with Crippen LogP contribution in [-0.4, -0.2) is 25.0 Å². The van der Waals surface area contributed by atoms with E-state index in [0.717, 1.165) is 29.9 Å². The van der Waals surface area contributed by atoms with E-state index in [0.29, 0.717) is 5.56 Å². The number of amidine groups is 1. The van der Waals surface area contributed by atoms with Gasteiger partial charge >= 0.3 is 5.97 Å². The van der Waals surface area contributed by atoms with Crippen molar-refractivity contribution in [3.8, 4) is 0 Å². The molecule has 1 heterocycles. The molecule has 1 aliphatic rings. The predicted octanol–water partition coefficient (Wildman–Crippen LogP) is 6.94. The van der Waals surface area contributed by atoms with Crippen LogP contribution in [-0.2, 0) is 10.2 Å². The Labute approximate surface area is 203 Å². The van der Waals surface area contributed by atoms with Crippen LogP contribution < -0.4 is 5.32 Å². The lowest BCUT2D eigenvalue weighted by molar-refractivity contribution is 0.0600. The number of carbonyl (C=O) groups is 1. The van der Waals surface area contributed by atoms with E-state index in [4.69, 9.17) is 9.73 Å². The summed E-state index contributed by atoms with van der Waals surface area (Å²) in [5.41, 5.74) is 6.55. The molecule has 34 heavy (non-hydrogen) atoms. The van der Waals surface area contributed by atoms with Gasteiger partial charge in [-0.25, -0.2) is 4.79 Å². The van der Waals surface area contributed by atoms with E-state index in [1.54, 1.807) is 0 Å². The first-order valence-corrected chi connectivity index (χ1v) is 12.0. The smallest absolute Gasteiger partial charge is 0.337 e. The van der Waals surface area contributed by atoms with Crippen LogP contribution in [0.25, 0.3) is 0 Å². The van der Waals surface area contributed by atoms with Gasteiger partial charge in [0.15, 0.2) is 0 Å². The van der Waals surface area contributed by atoms with Crippen molar-refractivity contribution in [1.82, 2.24) is 0 Å². The Bertz CT molecular complexity index is 1190. The average Bonchev–Trinajstić information content (AvgIpc) is 2.83. The van der Waals surface area contributed by atoms with Gasteiger partial charge in [-0.2, -0.15) is 0 Å². The Morgan fingerprint density at radius 1 is 0.971 bits per heavy atom. The molecule has 2 unspecified atom stereocenters. The second-order valence-corrected chi connectivity index (χ2v) is 10.1. The van der Waals surface area contributed by atoms with Crippen molar-refractivity contribution in [1.29, 1.82) is 0 Å². The number of hydrogen-bond acceptors (Lipinski definition) is 4. The first-order chi connectivity index (χ1) is 16.3. The van der Waals surface area contributed by atoms with Crippen LogP contribution in [0.5, 0.6) is 0 Å². The molecule has 4 nitrogen and oxygen atoms in total.